The van der Waals surface area contributed by atoms with E-state index in [2.05, 4.69) is 24.1 Å². The lowest BCUT2D eigenvalue weighted by molar-refractivity contribution is -0.121. The van der Waals surface area contributed by atoms with Crippen molar-refractivity contribution in [1.82, 2.24) is 10.3 Å². The lowest BCUT2D eigenvalue weighted by atomic mass is 10.1. The number of carboxylic acid groups (broad SMARTS) is 1. The maximum Gasteiger partial charge on any atom is 0.355 e. The van der Waals surface area contributed by atoms with Crippen molar-refractivity contribution in [1.29, 1.82) is 0 Å². The summed E-state index contributed by atoms with van der Waals surface area (Å²) in [5.41, 5.74) is 0.0705. The minimum atomic E-state index is -1.02. The molecule has 100 valence electrons. The molecule has 0 aliphatic carbocycles. The molecule has 1 amide bonds. The maximum atomic E-state index is 11.4. The van der Waals surface area contributed by atoms with Gasteiger partial charge in [-0.1, -0.05) is 13.8 Å². The normalized spacial score (nSPS) is 10.6. The first-order valence-corrected chi connectivity index (χ1v) is 6.81. The Morgan fingerprint density at radius 1 is 1.50 bits per heavy atom. The van der Waals surface area contributed by atoms with Crippen molar-refractivity contribution in [3.63, 3.8) is 0 Å². The fraction of sp³-hybridized carbons (Fsp3) is 0.583. The van der Waals surface area contributed by atoms with Crippen LogP contribution in [0.25, 0.3) is 0 Å². The number of hydrogen-bond donors (Lipinski definition) is 2. The van der Waals surface area contributed by atoms with E-state index in [-0.39, 0.29) is 11.6 Å². The van der Waals surface area contributed by atoms with Gasteiger partial charge in [0.2, 0.25) is 5.91 Å². The molecule has 1 aromatic heterocycles. The van der Waals surface area contributed by atoms with Gasteiger partial charge in [0.15, 0.2) is 5.69 Å². The summed E-state index contributed by atoms with van der Waals surface area (Å²) < 4.78 is 0. The molecular weight excluding hydrogens is 252 g/mol. The highest BCUT2D eigenvalue weighted by molar-refractivity contribution is 7.09. The fourth-order valence-electron chi connectivity index (χ4n) is 1.34. The Labute approximate surface area is 110 Å². The lowest BCUT2D eigenvalue weighted by Crippen LogP contribution is -2.25. The molecule has 0 aliphatic heterocycles. The number of thiazole rings is 1. The highest BCUT2D eigenvalue weighted by Crippen LogP contribution is 2.10. The predicted octanol–water partition coefficient (Wildman–Crippen LogP) is 1.94. The summed E-state index contributed by atoms with van der Waals surface area (Å²) >= 11 is 1.30. The molecule has 0 fully saturated rings. The molecule has 5 nitrogen and oxygen atoms in total. The van der Waals surface area contributed by atoms with Gasteiger partial charge in [-0.25, -0.2) is 9.78 Å². The van der Waals surface area contributed by atoms with Crippen molar-refractivity contribution in [2.75, 3.05) is 6.54 Å². The molecule has 18 heavy (non-hydrogen) atoms. The third-order valence-electron chi connectivity index (χ3n) is 2.38. The second-order valence-electron chi connectivity index (χ2n) is 4.46. The number of nitrogens with one attached hydrogen (secondary N) is 1. The molecule has 0 spiro atoms. The Morgan fingerprint density at radius 2 is 2.22 bits per heavy atom. The third-order valence-corrected chi connectivity index (χ3v) is 3.29. The van der Waals surface area contributed by atoms with E-state index in [0.717, 1.165) is 11.4 Å². The van der Waals surface area contributed by atoms with Crippen LogP contribution in [-0.2, 0) is 11.2 Å². The molecule has 0 unspecified atom stereocenters. The zero-order chi connectivity index (χ0) is 13.5. The molecular formula is C12H18N2O3S. The second-order valence-corrected chi connectivity index (χ2v) is 5.41. The van der Waals surface area contributed by atoms with Gasteiger partial charge in [-0.15, -0.1) is 11.3 Å². The standard InChI is InChI=1S/C12H18N2O3S/c1-8(2)3-4-10(15)13-6-5-11-14-9(7-18-11)12(16)17/h7-8H,3-6H2,1-2H3,(H,13,15)(H,16,17). The van der Waals surface area contributed by atoms with Gasteiger partial charge >= 0.3 is 5.97 Å². The average molecular weight is 270 g/mol. The quantitative estimate of drug-likeness (QED) is 0.793. The number of aromatic carboxylic acids is 1. The Hall–Kier alpha value is -1.43. The molecule has 1 rings (SSSR count). The molecule has 1 aromatic rings. The SMILES string of the molecule is CC(C)CCC(=O)NCCc1nc(C(=O)O)cs1. The average Bonchev–Trinajstić information content (AvgIpc) is 2.75. The summed E-state index contributed by atoms with van der Waals surface area (Å²) in [4.78, 5) is 26.0. The van der Waals surface area contributed by atoms with Crippen LogP contribution < -0.4 is 5.32 Å². The number of aromatic nitrogens is 1. The van der Waals surface area contributed by atoms with E-state index in [4.69, 9.17) is 5.11 Å². The van der Waals surface area contributed by atoms with E-state index in [9.17, 15) is 9.59 Å². The first-order valence-electron chi connectivity index (χ1n) is 5.93. The molecule has 0 atom stereocenters. The van der Waals surface area contributed by atoms with Crippen molar-refractivity contribution >= 4 is 23.2 Å². The minimum Gasteiger partial charge on any atom is -0.476 e. The van der Waals surface area contributed by atoms with E-state index in [1.54, 1.807) is 0 Å². The molecule has 0 saturated carbocycles. The molecule has 1 heterocycles. The van der Waals surface area contributed by atoms with Crippen LogP contribution in [0, 0.1) is 5.92 Å². The number of hydrogen-bond acceptors (Lipinski definition) is 4. The predicted molar refractivity (Wildman–Crippen MR) is 69.9 cm³/mol. The Bertz CT molecular complexity index is 415. The molecule has 0 aromatic carbocycles. The van der Waals surface area contributed by atoms with Crippen LogP contribution in [0.1, 0.15) is 42.2 Å². The molecule has 2 N–H and O–H groups in total. The van der Waals surface area contributed by atoms with Crippen molar-refractivity contribution in [3.05, 3.63) is 16.1 Å². The number of carboxylic acids is 1. The van der Waals surface area contributed by atoms with Gasteiger partial charge in [-0.2, -0.15) is 0 Å². The smallest absolute Gasteiger partial charge is 0.355 e. The van der Waals surface area contributed by atoms with Crippen molar-refractivity contribution < 1.29 is 14.7 Å². The van der Waals surface area contributed by atoms with Gasteiger partial charge in [0, 0.05) is 24.8 Å². The number of carbonyl (C=O) groups excluding carboxylic acids is 1. The maximum absolute atomic E-state index is 11.4. The zero-order valence-corrected chi connectivity index (χ0v) is 11.4. The topological polar surface area (TPSA) is 79.3 Å². The number of rotatable bonds is 7. The van der Waals surface area contributed by atoms with Crippen molar-refractivity contribution in [2.45, 2.75) is 33.1 Å². The van der Waals surface area contributed by atoms with Crippen LogP contribution in [0.5, 0.6) is 0 Å². The van der Waals surface area contributed by atoms with Crippen LogP contribution in [0.3, 0.4) is 0 Å². The Balaban J connectivity index is 2.24. The largest absolute Gasteiger partial charge is 0.476 e. The van der Waals surface area contributed by atoms with Crippen molar-refractivity contribution in [3.8, 4) is 0 Å². The zero-order valence-electron chi connectivity index (χ0n) is 10.6. The molecule has 0 radical (unpaired) electrons. The highest BCUT2D eigenvalue weighted by atomic mass is 32.1. The van der Waals surface area contributed by atoms with E-state index in [0.29, 0.717) is 25.3 Å². The number of nitrogens with zero attached hydrogens (tertiary/aromatic N) is 1. The van der Waals surface area contributed by atoms with E-state index >= 15 is 0 Å². The first kappa shape index (κ1) is 14.6. The lowest BCUT2D eigenvalue weighted by Gasteiger charge is -2.05. The summed E-state index contributed by atoms with van der Waals surface area (Å²) in [5, 5.41) is 13.8. The van der Waals surface area contributed by atoms with Crippen LogP contribution >= 0.6 is 11.3 Å². The third kappa shape index (κ3) is 5.27. The van der Waals surface area contributed by atoms with Crippen molar-refractivity contribution in [2.24, 2.45) is 5.92 Å². The Morgan fingerprint density at radius 3 is 2.78 bits per heavy atom. The van der Waals surface area contributed by atoms with Crippen LogP contribution in [-0.4, -0.2) is 28.5 Å². The summed E-state index contributed by atoms with van der Waals surface area (Å²) in [6.07, 6.45) is 1.99. The summed E-state index contributed by atoms with van der Waals surface area (Å²) in [7, 11) is 0. The molecule has 0 bridgehead atoms. The molecule has 0 saturated heterocycles. The van der Waals surface area contributed by atoms with Gasteiger partial charge < -0.3 is 10.4 Å². The highest BCUT2D eigenvalue weighted by Gasteiger charge is 2.08. The van der Waals surface area contributed by atoms with Gasteiger partial charge in [0.25, 0.3) is 0 Å². The minimum absolute atomic E-state index is 0.0405. The van der Waals surface area contributed by atoms with E-state index in [1.807, 2.05) is 0 Å². The van der Waals surface area contributed by atoms with E-state index in [1.165, 1.54) is 16.7 Å². The van der Waals surface area contributed by atoms with Gasteiger partial charge in [0.05, 0.1) is 5.01 Å². The number of carbonyl (C=O) groups is 2. The van der Waals surface area contributed by atoms with E-state index < -0.39 is 5.97 Å². The fourth-order valence-corrected chi connectivity index (χ4v) is 2.11. The van der Waals surface area contributed by atoms with Gasteiger partial charge in [-0.3, -0.25) is 4.79 Å². The monoisotopic (exact) mass is 270 g/mol. The Kier molecular flexibility index (Phi) is 5.77. The second kappa shape index (κ2) is 7.10. The molecule has 0 aliphatic rings. The summed E-state index contributed by atoms with van der Waals surface area (Å²) in [5.74, 6) is -0.454. The summed E-state index contributed by atoms with van der Waals surface area (Å²) in [6, 6.07) is 0. The van der Waals surface area contributed by atoms with Gasteiger partial charge in [-0.05, 0) is 12.3 Å². The molecule has 6 heteroatoms. The first-order chi connectivity index (χ1) is 8.49. The number of amides is 1. The summed E-state index contributed by atoms with van der Waals surface area (Å²) in [6.45, 7) is 4.66. The van der Waals surface area contributed by atoms with Crippen LogP contribution in [0.4, 0.5) is 0 Å². The van der Waals surface area contributed by atoms with Gasteiger partial charge in [0.1, 0.15) is 0 Å². The van der Waals surface area contributed by atoms with Crippen LogP contribution in [0.15, 0.2) is 5.38 Å². The van der Waals surface area contributed by atoms with Crippen LogP contribution in [0.2, 0.25) is 0 Å².